The van der Waals surface area contributed by atoms with Crippen molar-refractivity contribution < 1.29 is 4.79 Å². The van der Waals surface area contributed by atoms with E-state index in [4.69, 9.17) is 5.73 Å². The summed E-state index contributed by atoms with van der Waals surface area (Å²) in [6.07, 6.45) is 2.86. The standard InChI is InChI=1S/C11H17N3O/c1-3-11(12,4-2)10(15)14-9-7-5-6-8-13-9/h5-8H,3-4,12H2,1-2H3,(H,13,14,15). The summed E-state index contributed by atoms with van der Waals surface area (Å²) < 4.78 is 0. The number of aromatic nitrogens is 1. The first-order valence-corrected chi connectivity index (χ1v) is 5.13. The van der Waals surface area contributed by atoms with Gasteiger partial charge in [-0.3, -0.25) is 4.79 Å². The van der Waals surface area contributed by atoms with E-state index in [1.807, 2.05) is 19.9 Å². The van der Waals surface area contributed by atoms with E-state index < -0.39 is 5.54 Å². The van der Waals surface area contributed by atoms with Crippen LogP contribution in [0.2, 0.25) is 0 Å². The van der Waals surface area contributed by atoms with E-state index in [0.717, 1.165) is 0 Å². The van der Waals surface area contributed by atoms with E-state index in [1.165, 1.54) is 0 Å². The predicted molar refractivity (Wildman–Crippen MR) is 60.4 cm³/mol. The summed E-state index contributed by atoms with van der Waals surface area (Å²) in [7, 11) is 0. The zero-order valence-corrected chi connectivity index (χ0v) is 9.16. The SMILES string of the molecule is CCC(N)(CC)C(=O)Nc1ccccn1. The lowest BCUT2D eigenvalue weighted by Crippen LogP contribution is -2.50. The molecule has 1 rings (SSSR count). The molecule has 0 fully saturated rings. The molecule has 4 heteroatoms. The molecular weight excluding hydrogens is 190 g/mol. The van der Waals surface area contributed by atoms with Crippen molar-refractivity contribution in [2.24, 2.45) is 5.73 Å². The van der Waals surface area contributed by atoms with Gasteiger partial charge in [0.25, 0.3) is 0 Å². The Bertz CT molecular complexity index is 320. The number of nitrogens with zero attached hydrogens (tertiary/aromatic N) is 1. The average Bonchev–Trinajstić information content (AvgIpc) is 2.29. The second-order valence-corrected chi connectivity index (χ2v) is 3.53. The molecule has 1 aromatic rings. The van der Waals surface area contributed by atoms with Gasteiger partial charge in [-0.2, -0.15) is 0 Å². The molecule has 15 heavy (non-hydrogen) atoms. The van der Waals surface area contributed by atoms with Gasteiger partial charge in [-0.1, -0.05) is 19.9 Å². The first-order chi connectivity index (χ1) is 7.12. The minimum absolute atomic E-state index is 0.175. The van der Waals surface area contributed by atoms with Crippen LogP contribution in [0, 0.1) is 0 Å². The summed E-state index contributed by atoms with van der Waals surface area (Å²) in [6.45, 7) is 3.81. The van der Waals surface area contributed by atoms with Crippen LogP contribution in [0.1, 0.15) is 26.7 Å². The van der Waals surface area contributed by atoms with Crippen molar-refractivity contribution in [3.63, 3.8) is 0 Å². The lowest BCUT2D eigenvalue weighted by atomic mass is 9.93. The van der Waals surface area contributed by atoms with Crippen LogP contribution in [-0.4, -0.2) is 16.4 Å². The summed E-state index contributed by atoms with van der Waals surface area (Å²) >= 11 is 0. The Balaban J connectivity index is 2.71. The molecule has 0 aromatic carbocycles. The van der Waals surface area contributed by atoms with E-state index in [2.05, 4.69) is 10.3 Å². The highest BCUT2D eigenvalue weighted by molar-refractivity contribution is 5.97. The van der Waals surface area contributed by atoms with Crippen molar-refractivity contribution in [3.8, 4) is 0 Å². The number of carbonyl (C=O) groups is 1. The largest absolute Gasteiger partial charge is 0.317 e. The molecule has 0 aliphatic rings. The summed E-state index contributed by atoms with van der Waals surface area (Å²) in [5.41, 5.74) is 5.15. The van der Waals surface area contributed by atoms with Crippen LogP contribution in [0.15, 0.2) is 24.4 Å². The fraction of sp³-hybridized carbons (Fsp3) is 0.455. The predicted octanol–water partition coefficient (Wildman–Crippen LogP) is 1.54. The van der Waals surface area contributed by atoms with Gasteiger partial charge < -0.3 is 11.1 Å². The maximum absolute atomic E-state index is 11.8. The lowest BCUT2D eigenvalue weighted by Gasteiger charge is -2.24. The molecule has 3 N–H and O–H groups in total. The number of pyridine rings is 1. The molecule has 0 radical (unpaired) electrons. The molecule has 0 aliphatic heterocycles. The van der Waals surface area contributed by atoms with E-state index in [0.29, 0.717) is 18.7 Å². The number of hydrogen-bond acceptors (Lipinski definition) is 3. The van der Waals surface area contributed by atoms with Gasteiger partial charge >= 0.3 is 0 Å². The first-order valence-electron chi connectivity index (χ1n) is 5.13. The third-order valence-corrected chi connectivity index (χ3v) is 2.62. The Morgan fingerprint density at radius 3 is 2.60 bits per heavy atom. The third-order valence-electron chi connectivity index (χ3n) is 2.62. The van der Waals surface area contributed by atoms with Crippen molar-refractivity contribution in [2.75, 3.05) is 5.32 Å². The van der Waals surface area contributed by atoms with Gasteiger partial charge in [0, 0.05) is 6.20 Å². The Morgan fingerprint density at radius 2 is 2.13 bits per heavy atom. The van der Waals surface area contributed by atoms with Gasteiger partial charge in [0.15, 0.2) is 0 Å². The second-order valence-electron chi connectivity index (χ2n) is 3.53. The van der Waals surface area contributed by atoms with Crippen LogP contribution in [0.4, 0.5) is 5.82 Å². The number of rotatable bonds is 4. The Labute approximate surface area is 89.9 Å². The summed E-state index contributed by atoms with van der Waals surface area (Å²) in [5, 5.41) is 2.71. The fourth-order valence-electron chi connectivity index (χ4n) is 1.25. The molecular formula is C11H17N3O. The van der Waals surface area contributed by atoms with Crippen molar-refractivity contribution in [3.05, 3.63) is 24.4 Å². The second kappa shape index (κ2) is 4.89. The molecule has 0 unspecified atom stereocenters. The zero-order chi connectivity index (χ0) is 11.3. The van der Waals surface area contributed by atoms with E-state index in [9.17, 15) is 4.79 Å². The average molecular weight is 207 g/mol. The van der Waals surface area contributed by atoms with Crippen LogP contribution in [-0.2, 0) is 4.79 Å². The minimum Gasteiger partial charge on any atom is -0.317 e. The van der Waals surface area contributed by atoms with E-state index >= 15 is 0 Å². The lowest BCUT2D eigenvalue weighted by molar-refractivity contribution is -0.121. The molecule has 0 atom stereocenters. The van der Waals surface area contributed by atoms with Crippen molar-refractivity contribution >= 4 is 11.7 Å². The smallest absolute Gasteiger partial charge is 0.245 e. The molecule has 0 saturated heterocycles. The molecule has 0 spiro atoms. The quantitative estimate of drug-likeness (QED) is 0.786. The molecule has 0 aliphatic carbocycles. The molecule has 1 aromatic heterocycles. The number of anilines is 1. The van der Waals surface area contributed by atoms with Gasteiger partial charge in [-0.25, -0.2) is 4.98 Å². The van der Waals surface area contributed by atoms with Gasteiger partial charge in [0.2, 0.25) is 5.91 Å². The Morgan fingerprint density at radius 1 is 1.47 bits per heavy atom. The third kappa shape index (κ3) is 2.76. The Hall–Kier alpha value is -1.42. The van der Waals surface area contributed by atoms with Crippen molar-refractivity contribution in [1.82, 2.24) is 4.98 Å². The zero-order valence-electron chi connectivity index (χ0n) is 9.16. The molecule has 82 valence electrons. The number of hydrogen-bond donors (Lipinski definition) is 2. The van der Waals surface area contributed by atoms with Crippen LogP contribution >= 0.6 is 0 Å². The van der Waals surface area contributed by atoms with Crippen LogP contribution in [0.3, 0.4) is 0 Å². The van der Waals surface area contributed by atoms with E-state index in [-0.39, 0.29) is 5.91 Å². The maximum Gasteiger partial charge on any atom is 0.245 e. The summed E-state index contributed by atoms with van der Waals surface area (Å²) in [6, 6.07) is 5.35. The minimum atomic E-state index is -0.794. The van der Waals surface area contributed by atoms with Crippen LogP contribution < -0.4 is 11.1 Å². The molecule has 0 bridgehead atoms. The molecule has 1 amide bonds. The van der Waals surface area contributed by atoms with Crippen molar-refractivity contribution in [1.29, 1.82) is 0 Å². The van der Waals surface area contributed by atoms with Crippen LogP contribution in [0.5, 0.6) is 0 Å². The number of nitrogens with one attached hydrogen (secondary N) is 1. The number of nitrogens with two attached hydrogens (primary N) is 1. The van der Waals surface area contributed by atoms with Crippen LogP contribution in [0.25, 0.3) is 0 Å². The number of carbonyl (C=O) groups excluding carboxylic acids is 1. The highest BCUT2D eigenvalue weighted by Gasteiger charge is 2.29. The Kier molecular flexibility index (Phi) is 3.80. The van der Waals surface area contributed by atoms with Gasteiger partial charge in [0.1, 0.15) is 5.82 Å². The highest BCUT2D eigenvalue weighted by Crippen LogP contribution is 2.13. The van der Waals surface area contributed by atoms with Gasteiger partial charge in [-0.05, 0) is 25.0 Å². The van der Waals surface area contributed by atoms with E-state index in [1.54, 1.807) is 18.3 Å². The van der Waals surface area contributed by atoms with Gasteiger partial charge in [0.05, 0.1) is 5.54 Å². The van der Waals surface area contributed by atoms with Crippen molar-refractivity contribution in [2.45, 2.75) is 32.2 Å². The van der Waals surface area contributed by atoms with Gasteiger partial charge in [-0.15, -0.1) is 0 Å². The highest BCUT2D eigenvalue weighted by atomic mass is 16.2. The number of amides is 1. The topological polar surface area (TPSA) is 68.0 Å². The molecule has 4 nitrogen and oxygen atoms in total. The first kappa shape index (κ1) is 11.7. The summed E-state index contributed by atoms with van der Waals surface area (Å²) in [4.78, 5) is 15.8. The normalized spacial score (nSPS) is 11.1. The molecule has 1 heterocycles. The summed E-state index contributed by atoms with van der Waals surface area (Å²) in [5.74, 6) is 0.366. The fourth-order valence-corrected chi connectivity index (χ4v) is 1.25. The monoisotopic (exact) mass is 207 g/mol. The maximum atomic E-state index is 11.8. The molecule has 0 saturated carbocycles.